The Morgan fingerprint density at radius 1 is 1.24 bits per heavy atom. The van der Waals surface area contributed by atoms with Crippen molar-refractivity contribution in [3.8, 4) is 0 Å². The summed E-state index contributed by atoms with van der Waals surface area (Å²) in [4.78, 5) is 24.3. The number of amides is 1. The summed E-state index contributed by atoms with van der Waals surface area (Å²) in [6.07, 6.45) is 13.8. The van der Waals surface area contributed by atoms with Crippen LogP contribution in [0.2, 0.25) is 0 Å². The summed E-state index contributed by atoms with van der Waals surface area (Å²) >= 11 is 0. The zero-order chi connectivity index (χ0) is 20.1. The molecule has 0 spiro atoms. The molecule has 3 heterocycles. The summed E-state index contributed by atoms with van der Waals surface area (Å²) in [5.74, 6) is 2.11. The molecule has 0 saturated heterocycles. The Kier molecular flexibility index (Phi) is 6.60. The van der Waals surface area contributed by atoms with E-state index in [2.05, 4.69) is 9.55 Å². The van der Waals surface area contributed by atoms with Gasteiger partial charge in [0.15, 0.2) is 0 Å². The Morgan fingerprint density at radius 2 is 2.10 bits per heavy atom. The highest BCUT2D eigenvalue weighted by Crippen LogP contribution is 2.34. The fraction of sp³-hybridized carbons (Fsp3) is 0.609. The first-order valence-corrected chi connectivity index (χ1v) is 11.0. The van der Waals surface area contributed by atoms with Crippen LogP contribution in [0.25, 0.3) is 0 Å². The van der Waals surface area contributed by atoms with Gasteiger partial charge in [-0.25, -0.2) is 4.98 Å². The maximum Gasteiger partial charge on any atom is 0.226 e. The van der Waals surface area contributed by atoms with Gasteiger partial charge in [0.25, 0.3) is 0 Å². The van der Waals surface area contributed by atoms with Crippen molar-refractivity contribution in [2.24, 2.45) is 5.92 Å². The zero-order valence-corrected chi connectivity index (χ0v) is 17.4. The minimum atomic E-state index is 0.0203. The minimum Gasteiger partial charge on any atom is -0.383 e. The van der Waals surface area contributed by atoms with Crippen molar-refractivity contribution in [1.29, 1.82) is 0 Å². The highest BCUT2D eigenvalue weighted by Gasteiger charge is 2.31. The molecule has 6 heteroatoms. The van der Waals surface area contributed by atoms with Crippen LogP contribution in [0.1, 0.15) is 61.5 Å². The van der Waals surface area contributed by atoms with Gasteiger partial charge in [-0.2, -0.15) is 0 Å². The zero-order valence-electron chi connectivity index (χ0n) is 17.4. The largest absolute Gasteiger partial charge is 0.383 e. The molecule has 0 aromatic carbocycles. The van der Waals surface area contributed by atoms with Gasteiger partial charge in [0.1, 0.15) is 5.82 Å². The molecule has 1 atom stereocenters. The lowest BCUT2D eigenvalue weighted by Crippen LogP contribution is -2.40. The van der Waals surface area contributed by atoms with Crippen LogP contribution in [0.15, 0.2) is 30.7 Å². The number of aromatic nitrogens is 3. The average molecular weight is 397 g/mol. The number of carbonyl (C=O) groups excluding carboxylic acids is 1. The maximum absolute atomic E-state index is 13.3. The summed E-state index contributed by atoms with van der Waals surface area (Å²) in [5, 5.41) is 0. The third-order valence-corrected chi connectivity index (χ3v) is 6.42. The van der Waals surface area contributed by atoms with E-state index in [1.807, 2.05) is 29.4 Å². The molecule has 1 amide bonds. The lowest BCUT2D eigenvalue weighted by molar-refractivity contribution is -0.137. The number of fused-ring (bicyclic) bond motifs is 1. The van der Waals surface area contributed by atoms with E-state index in [-0.39, 0.29) is 11.8 Å². The number of pyridine rings is 1. The lowest BCUT2D eigenvalue weighted by atomic mass is 9.88. The smallest absolute Gasteiger partial charge is 0.226 e. The third kappa shape index (κ3) is 4.69. The standard InChI is InChI=1S/C23H32N4O2/c1-29-13-12-26(17-18-6-5-10-24-15-18)23(28)20-9-11-27-21(14-20)16-25-22(27)19-7-3-2-4-8-19/h5-6,10,15-16,19-20H,2-4,7-9,11-14,17H2,1H3/t20-/m1/s1. The average Bonchev–Trinajstić information content (AvgIpc) is 3.21. The predicted molar refractivity (Wildman–Crippen MR) is 111 cm³/mol. The van der Waals surface area contributed by atoms with Gasteiger partial charge in [-0.05, 0) is 30.9 Å². The van der Waals surface area contributed by atoms with Crippen LogP contribution < -0.4 is 0 Å². The fourth-order valence-electron chi connectivity index (χ4n) is 4.82. The molecule has 2 aliphatic rings. The molecule has 0 radical (unpaired) electrons. The molecule has 1 saturated carbocycles. The molecule has 156 valence electrons. The van der Waals surface area contributed by atoms with Crippen molar-refractivity contribution in [2.75, 3.05) is 20.3 Å². The molecule has 29 heavy (non-hydrogen) atoms. The van der Waals surface area contributed by atoms with E-state index in [9.17, 15) is 4.79 Å². The number of nitrogens with zero attached hydrogens (tertiary/aromatic N) is 4. The quantitative estimate of drug-likeness (QED) is 0.718. The van der Waals surface area contributed by atoms with Crippen molar-refractivity contribution in [1.82, 2.24) is 19.4 Å². The van der Waals surface area contributed by atoms with Gasteiger partial charge in [0.2, 0.25) is 5.91 Å². The van der Waals surface area contributed by atoms with Crippen LogP contribution in [0.5, 0.6) is 0 Å². The Balaban J connectivity index is 1.45. The summed E-state index contributed by atoms with van der Waals surface area (Å²) in [6, 6.07) is 3.94. The van der Waals surface area contributed by atoms with Crippen LogP contribution in [0.3, 0.4) is 0 Å². The highest BCUT2D eigenvalue weighted by molar-refractivity contribution is 5.79. The molecule has 1 fully saturated rings. The second-order valence-electron chi connectivity index (χ2n) is 8.40. The molecule has 2 aromatic heterocycles. The maximum atomic E-state index is 13.3. The van der Waals surface area contributed by atoms with Crippen LogP contribution in [-0.2, 0) is 29.0 Å². The first-order chi connectivity index (χ1) is 14.3. The van der Waals surface area contributed by atoms with Gasteiger partial charge in [-0.1, -0.05) is 25.3 Å². The molecule has 1 aliphatic heterocycles. The fourth-order valence-corrected chi connectivity index (χ4v) is 4.82. The van der Waals surface area contributed by atoms with E-state index in [0.29, 0.717) is 25.6 Å². The van der Waals surface area contributed by atoms with Crippen LogP contribution in [0, 0.1) is 5.92 Å². The number of imidazole rings is 1. The summed E-state index contributed by atoms with van der Waals surface area (Å²) in [7, 11) is 1.68. The molecule has 1 aliphatic carbocycles. The number of methoxy groups -OCH3 is 1. The third-order valence-electron chi connectivity index (χ3n) is 6.42. The molecule has 0 N–H and O–H groups in total. The van der Waals surface area contributed by atoms with E-state index in [4.69, 9.17) is 9.72 Å². The Labute approximate surface area is 173 Å². The Bertz CT molecular complexity index is 798. The van der Waals surface area contributed by atoms with Gasteiger partial charge >= 0.3 is 0 Å². The first kappa shape index (κ1) is 20.1. The predicted octanol–water partition coefficient (Wildman–Crippen LogP) is 3.56. The molecular weight excluding hydrogens is 364 g/mol. The summed E-state index contributed by atoms with van der Waals surface area (Å²) in [6.45, 7) is 2.64. The molecule has 4 rings (SSSR count). The van der Waals surface area contributed by atoms with Gasteiger partial charge in [-0.15, -0.1) is 0 Å². The molecule has 0 bridgehead atoms. The van der Waals surface area contributed by atoms with Crippen molar-refractivity contribution in [3.63, 3.8) is 0 Å². The normalized spacial score (nSPS) is 19.7. The second-order valence-corrected chi connectivity index (χ2v) is 8.40. The van der Waals surface area contributed by atoms with E-state index in [1.54, 1.807) is 13.3 Å². The van der Waals surface area contributed by atoms with Gasteiger partial charge in [0.05, 0.1) is 6.61 Å². The van der Waals surface area contributed by atoms with Gasteiger partial charge in [-0.3, -0.25) is 9.78 Å². The number of rotatable bonds is 7. The molecular formula is C23H32N4O2. The van der Waals surface area contributed by atoms with E-state index >= 15 is 0 Å². The van der Waals surface area contributed by atoms with Crippen molar-refractivity contribution >= 4 is 5.91 Å². The SMILES string of the molecule is COCCN(Cc1cccnc1)C(=O)[C@@H]1CCn2c(cnc2C2CCCCC2)C1. The van der Waals surface area contributed by atoms with Gasteiger partial charge < -0.3 is 14.2 Å². The van der Waals surface area contributed by atoms with Crippen LogP contribution in [-0.4, -0.2) is 45.6 Å². The van der Waals surface area contributed by atoms with Gasteiger partial charge in [0, 0.05) is 69.3 Å². The monoisotopic (exact) mass is 396 g/mol. The topological polar surface area (TPSA) is 60.2 Å². The minimum absolute atomic E-state index is 0.0203. The van der Waals surface area contributed by atoms with E-state index < -0.39 is 0 Å². The van der Waals surface area contributed by atoms with Crippen molar-refractivity contribution in [2.45, 2.75) is 64.0 Å². The Morgan fingerprint density at radius 3 is 2.86 bits per heavy atom. The van der Waals surface area contributed by atoms with Crippen molar-refractivity contribution < 1.29 is 9.53 Å². The first-order valence-electron chi connectivity index (χ1n) is 11.0. The highest BCUT2D eigenvalue weighted by atomic mass is 16.5. The van der Waals surface area contributed by atoms with E-state index in [1.165, 1.54) is 43.6 Å². The number of carbonyl (C=O) groups is 1. The summed E-state index contributed by atoms with van der Waals surface area (Å²) in [5.41, 5.74) is 2.28. The van der Waals surface area contributed by atoms with E-state index in [0.717, 1.165) is 24.9 Å². The second kappa shape index (κ2) is 9.53. The number of hydrogen-bond donors (Lipinski definition) is 0. The Hall–Kier alpha value is -2.21. The molecule has 0 unspecified atom stereocenters. The van der Waals surface area contributed by atoms with Crippen LogP contribution >= 0.6 is 0 Å². The summed E-state index contributed by atoms with van der Waals surface area (Å²) < 4.78 is 7.65. The molecule has 6 nitrogen and oxygen atoms in total. The lowest BCUT2D eigenvalue weighted by Gasteiger charge is -2.31. The van der Waals surface area contributed by atoms with Crippen molar-refractivity contribution in [3.05, 3.63) is 47.8 Å². The number of ether oxygens (including phenoxy) is 1. The molecule has 2 aromatic rings. The van der Waals surface area contributed by atoms with Crippen LogP contribution in [0.4, 0.5) is 0 Å². The number of hydrogen-bond acceptors (Lipinski definition) is 4.